The summed E-state index contributed by atoms with van der Waals surface area (Å²) in [5.41, 5.74) is 0. The number of hydrogen-bond donors (Lipinski definition) is 0. The Hall–Kier alpha value is -0.340. The number of Topliss-reactive ketones (excluding diaryl/α,β-unsaturated/α-hetero) is 1. The molecule has 0 radical (unpaired) electrons. The van der Waals surface area contributed by atoms with E-state index in [1.807, 2.05) is 19.2 Å². The first-order valence-electron chi connectivity index (χ1n) is 3.87. The topological polar surface area (TPSA) is 17.1 Å². The quantitative estimate of drug-likeness (QED) is 0.685. The lowest BCUT2D eigenvalue weighted by atomic mass is 10.1. The summed E-state index contributed by atoms with van der Waals surface area (Å²) < 4.78 is 0. The molecule has 3 heteroatoms. The predicted octanol–water partition coefficient (Wildman–Crippen LogP) is 3.63. The maximum absolute atomic E-state index is 11.5. The van der Waals surface area contributed by atoms with Crippen molar-refractivity contribution >= 4 is 28.7 Å². The normalized spacial score (nSPS) is 10.7. The lowest BCUT2D eigenvalue weighted by Gasteiger charge is -2.01. The molecule has 0 aromatic carbocycles. The summed E-state index contributed by atoms with van der Waals surface area (Å²) in [5.74, 6) is 0.556. The lowest BCUT2D eigenvalue weighted by Crippen LogP contribution is -2.01. The zero-order valence-corrected chi connectivity index (χ0v) is 8.71. The van der Waals surface area contributed by atoms with Gasteiger partial charge in [0.2, 0.25) is 0 Å². The summed E-state index contributed by atoms with van der Waals surface area (Å²) in [6.45, 7) is 4.05. The molecule has 0 unspecified atom stereocenters. The Morgan fingerprint density at radius 2 is 2.33 bits per heavy atom. The summed E-state index contributed by atoms with van der Waals surface area (Å²) in [7, 11) is 0. The van der Waals surface area contributed by atoms with Crippen LogP contribution in [0.15, 0.2) is 11.4 Å². The van der Waals surface area contributed by atoms with Gasteiger partial charge in [-0.1, -0.05) is 25.4 Å². The van der Waals surface area contributed by atoms with Crippen LogP contribution in [0.5, 0.6) is 0 Å². The van der Waals surface area contributed by atoms with Crippen molar-refractivity contribution in [3.63, 3.8) is 0 Å². The number of halogens is 1. The molecule has 0 spiro atoms. The molecule has 1 heterocycles. The van der Waals surface area contributed by atoms with Crippen molar-refractivity contribution in [2.45, 2.75) is 20.3 Å². The van der Waals surface area contributed by atoms with Crippen molar-refractivity contribution in [3.8, 4) is 0 Å². The molecule has 0 fully saturated rings. The molecule has 1 aromatic heterocycles. The average molecular weight is 203 g/mol. The standard InChI is InChI=1S/C9H11ClOS/c1-6(2)5-8(11)9-7(10)3-4-12-9/h3-4,6H,5H2,1-2H3. The minimum Gasteiger partial charge on any atom is -0.293 e. The summed E-state index contributed by atoms with van der Waals surface area (Å²) in [6, 6.07) is 1.76. The Morgan fingerprint density at radius 1 is 1.67 bits per heavy atom. The summed E-state index contributed by atoms with van der Waals surface area (Å²) >= 11 is 7.23. The Balaban J connectivity index is 2.72. The first-order valence-corrected chi connectivity index (χ1v) is 5.13. The Bertz CT molecular complexity index is 278. The van der Waals surface area contributed by atoms with Gasteiger partial charge in [0.05, 0.1) is 9.90 Å². The third kappa shape index (κ3) is 2.32. The van der Waals surface area contributed by atoms with Crippen LogP contribution in [0.1, 0.15) is 29.9 Å². The van der Waals surface area contributed by atoms with Crippen molar-refractivity contribution in [2.24, 2.45) is 5.92 Å². The molecule has 0 bridgehead atoms. The molecule has 66 valence electrons. The van der Waals surface area contributed by atoms with Gasteiger partial charge < -0.3 is 0 Å². The lowest BCUT2D eigenvalue weighted by molar-refractivity contribution is 0.0972. The molecule has 0 N–H and O–H groups in total. The molecular weight excluding hydrogens is 192 g/mol. The van der Waals surface area contributed by atoms with E-state index in [1.54, 1.807) is 6.07 Å². The van der Waals surface area contributed by atoms with E-state index in [-0.39, 0.29) is 5.78 Å². The second-order valence-corrected chi connectivity index (χ2v) is 4.44. The zero-order valence-electron chi connectivity index (χ0n) is 7.13. The van der Waals surface area contributed by atoms with Gasteiger partial charge in [0.25, 0.3) is 0 Å². The van der Waals surface area contributed by atoms with Gasteiger partial charge in [0.15, 0.2) is 5.78 Å². The fourth-order valence-corrected chi connectivity index (χ4v) is 2.07. The van der Waals surface area contributed by atoms with Crippen LogP contribution in [0.25, 0.3) is 0 Å². The molecule has 0 atom stereocenters. The fraction of sp³-hybridized carbons (Fsp3) is 0.444. The number of carbonyl (C=O) groups excluding carboxylic acids is 1. The van der Waals surface area contributed by atoms with Crippen LogP contribution in [0.4, 0.5) is 0 Å². The highest BCUT2D eigenvalue weighted by Gasteiger charge is 2.12. The number of carbonyl (C=O) groups is 1. The maximum atomic E-state index is 11.5. The van der Waals surface area contributed by atoms with Gasteiger partial charge in [0.1, 0.15) is 0 Å². The van der Waals surface area contributed by atoms with E-state index in [4.69, 9.17) is 11.6 Å². The van der Waals surface area contributed by atoms with Crippen molar-refractivity contribution in [3.05, 3.63) is 21.3 Å². The molecule has 0 aliphatic carbocycles. The maximum Gasteiger partial charge on any atom is 0.174 e. The number of thiophene rings is 1. The Morgan fingerprint density at radius 3 is 2.75 bits per heavy atom. The van der Waals surface area contributed by atoms with Crippen LogP contribution >= 0.6 is 22.9 Å². The molecule has 0 saturated carbocycles. The number of ketones is 1. The van der Waals surface area contributed by atoms with Crippen molar-refractivity contribution in [1.82, 2.24) is 0 Å². The van der Waals surface area contributed by atoms with Crippen LogP contribution in [0, 0.1) is 5.92 Å². The Labute approximate surface area is 81.4 Å². The van der Waals surface area contributed by atoms with E-state index in [1.165, 1.54) is 11.3 Å². The smallest absolute Gasteiger partial charge is 0.174 e. The van der Waals surface area contributed by atoms with Gasteiger partial charge in [-0.2, -0.15) is 0 Å². The molecule has 12 heavy (non-hydrogen) atoms. The summed E-state index contributed by atoms with van der Waals surface area (Å²) in [4.78, 5) is 12.2. The van der Waals surface area contributed by atoms with E-state index in [2.05, 4.69) is 0 Å². The van der Waals surface area contributed by atoms with Crippen LogP contribution in [-0.2, 0) is 0 Å². The number of rotatable bonds is 3. The predicted molar refractivity (Wildman–Crippen MR) is 53.1 cm³/mol. The van der Waals surface area contributed by atoms with E-state index in [0.29, 0.717) is 22.2 Å². The van der Waals surface area contributed by atoms with Crippen LogP contribution < -0.4 is 0 Å². The highest BCUT2D eigenvalue weighted by atomic mass is 35.5. The van der Waals surface area contributed by atoms with Gasteiger partial charge in [0, 0.05) is 6.42 Å². The van der Waals surface area contributed by atoms with Crippen LogP contribution in [0.2, 0.25) is 5.02 Å². The van der Waals surface area contributed by atoms with Gasteiger partial charge in [-0.3, -0.25) is 4.79 Å². The van der Waals surface area contributed by atoms with E-state index in [9.17, 15) is 4.79 Å². The van der Waals surface area contributed by atoms with Crippen LogP contribution in [0.3, 0.4) is 0 Å². The molecule has 1 aromatic rings. The third-order valence-electron chi connectivity index (χ3n) is 1.46. The van der Waals surface area contributed by atoms with E-state index < -0.39 is 0 Å². The van der Waals surface area contributed by atoms with E-state index in [0.717, 1.165) is 0 Å². The molecule has 0 amide bonds. The molecule has 0 aliphatic heterocycles. The largest absolute Gasteiger partial charge is 0.293 e. The van der Waals surface area contributed by atoms with Crippen LogP contribution in [-0.4, -0.2) is 5.78 Å². The van der Waals surface area contributed by atoms with Gasteiger partial charge >= 0.3 is 0 Å². The minimum absolute atomic E-state index is 0.157. The SMILES string of the molecule is CC(C)CC(=O)c1sccc1Cl. The molecule has 0 saturated heterocycles. The highest BCUT2D eigenvalue weighted by molar-refractivity contribution is 7.12. The highest BCUT2D eigenvalue weighted by Crippen LogP contribution is 2.24. The first kappa shape index (κ1) is 9.75. The van der Waals surface area contributed by atoms with E-state index >= 15 is 0 Å². The second-order valence-electron chi connectivity index (χ2n) is 3.12. The van der Waals surface area contributed by atoms with Crippen molar-refractivity contribution < 1.29 is 4.79 Å². The average Bonchev–Trinajstić information content (AvgIpc) is 2.33. The third-order valence-corrected chi connectivity index (χ3v) is 2.85. The zero-order chi connectivity index (χ0) is 9.14. The van der Waals surface area contributed by atoms with Gasteiger partial charge in [-0.25, -0.2) is 0 Å². The number of hydrogen-bond acceptors (Lipinski definition) is 2. The fourth-order valence-electron chi connectivity index (χ4n) is 0.956. The minimum atomic E-state index is 0.157. The molecular formula is C9H11ClOS. The molecule has 1 nitrogen and oxygen atoms in total. The molecule has 1 rings (SSSR count). The van der Waals surface area contributed by atoms with Gasteiger partial charge in [-0.15, -0.1) is 11.3 Å². The summed E-state index contributed by atoms with van der Waals surface area (Å²) in [6.07, 6.45) is 0.584. The molecule has 0 aliphatic rings. The monoisotopic (exact) mass is 202 g/mol. The Kier molecular flexibility index (Phi) is 3.29. The van der Waals surface area contributed by atoms with Crippen molar-refractivity contribution in [1.29, 1.82) is 0 Å². The van der Waals surface area contributed by atoms with Gasteiger partial charge in [-0.05, 0) is 17.4 Å². The van der Waals surface area contributed by atoms with Crippen molar-refractivity contribution in [2.75, 3.05) is 0 Å². The second kappa shape index (κ2) is 4.06. The summed E-state index contributed by atoms with van der Waals surface area (Å²) in [5, 5.41) is 2.43. The first-order chi connectivity index (χ1) is 5.61.